The summed E-state index contributed by atoms with van der Waals surface area (Å²) in [6, 6.07) is 8.59. The first kappa shape index (κ1) is 29.3. The van der Waals surface area contributed by atoms with E-state index in [0.717, 1.165) is 37.2 Å². The number of thioether (sulfide) groups is 1. The molecule has 4 heterocycles. The number of halogens is 1. The van der Waals surface area contributed by atoms with Crippen LogP contribution in [0.25, 0.3) is 6.08 Å². The summed E-state index contributed by atoms with van der Waals surface area (Å²) in [6.45, 7) is 8.03. The molecule has 1 atom stereocenters. The second-order valence-electron chi connectivity index (χ2n) is 10.5. The minimum atomic E-state index is -0.308. The molecule has 0 aliphatic carbocycles. The smallest absolute Gasteiger partial charge is 0.270 e. The third kappa shape index (κ3) is 6.05. The zero-order valence-corrected chi connectivity index (χ0v) is 25.0. The van der Waals surface area contributed by atoms with Gasteiger partial charge in [-0.05, 0) is 62.1 Å². The zero-order valence-electron chi connectivity index (χ0n) is 23.4. The number of rotatable bonds is 8. The third-order valence-electron chi connectivity index (χ3n) is 7.91. The molecule has 5 rings (SSSR count). The fourth-order valence-corrected chi connectivity index (χ4v) is 6.87. The van der Waals surface area contributed by atoms with Crippen LogP contribution in [-0.4, -0.2) is 65.1 Å². The fraction of sp³-hybridized carbons (Fsp3) is 0.467. The number of ether oxygens (including phenoxy) is 1. The molecule has 0 saturated carbocycles. The maximum atomic E-state index is 13.6. The lowest BCUT2D eigenvalue weighted by Gasteiger charge is -2.39. The van der Waals surface area contributed by atoms with E-state index in [2.05, 4.69) is 22.8 Å². The van der Waals surface area contributed by atoms with Gasteiger partial charge in [0.05, 0.1) is 17.6 Å². The molecule has 3 fully saturated rings. The standard InChI is InChI=1S/C30H34FN5O3S2/c1-3-4-11-35-27(34-14-12-33(13-15-34)22-9-7-21(31)8-10-22)24(20(2)25(18-32)28(35)37)17-26-29(38)36(30(40)41-26)19-23-6-5-16-39-23/h7-10,17,23H,3-6,11-16,19H2,1-2H3/b26-17+. The number of pyridine rings is 1. The molecule has 0 bridgehead atoms. The number of carbonyl (C=O) groups is 1. The lowest BCUT2D eigenvalue weighted by molar-refractivity contribution is -0.123. The molecular formula is C30H34FN5O3S2. The van der Waals surface area contributed by atoms with Crippen LogP contribution >= 0.6 is 24.0 Å². The predicted octanol–water partition coefficient (Wildman–Crippen LogP) is 4.67. The number of nitrogens with zero attached hydrogens (tertiary/aromatic N) is 5. The maximum Gasteiger partial charge on any atom is 0.270 e. The molecule has 1 unspecified atom stereocenters. The number of unbranched alkanes of at least 4 members (excludes halogenated alkanes) is 1. The van der Waals surface area contributed by atoms with Gasteiger partial charge in [-0.25, -0.2) is 4.39 Å². The molecule has 0 spiro atoms. The summed E-state index contributed by atoms with van der Waals surface area (Å²) in [5.74, 6) is 0.279. The molecule has 2 aromatic rings. The van der Waals surface area contributed by atoms with E-state index in [-0.39, 0.29) is 29.0 Å². The molecule has 11 heteroatoms. The van der Waals surface area contributed by atoms with Crippen molar-refractivity contribution in [2.75, 3.05) is 49.1 Å². The van der Waals surface area contributed by atoms with Gasteiger partial charge in [0.2, 0.25) is 0 Å². The number of anilines is 2. The van der Waals surface area contributed by atoms with Gasteiger partial charge in [0.15, 0.2) is 0 Å². The zero-order chi connectivity index (χ0) is 29.1. The second kappa shape index (κ2) is 12.8. The van der Waals surface area contributed by atoms with Crippen LogP contribution in [0.2, 0.25) is 0 Å². The Morgan fingerprint density at radius 3 is 2.51 bits per heavy atom. The summed E-state index contributed by atoms with van der Waals surface area (Å²) < 4.78 is 21.4. The molecule has 41 heavy (non-hydrogen) atoms. The van der Waals surface area contributed by atoms with Gasteiger partial charge in [-0.3, -0.25) is 19.1 Å². The summed E-state index contributed by atoms with van der Waals surface area (Å²) in [4.78, 5) is 33.6. The highest BCUT2D eigenvalue weighted by atomic mass is 32.2. The number of benzene rings is 1. The largest absolute Gasteiger partial charge is 0.376 e. The highest BCUT2D eigenvalue weighted by Gasteiger charge is 2.36. The Hall–Kier alpha value is -3.20. The minimum Gasteiger partial charge on any atom is -0.376 e. The Morgan fingerprint density at radius 2 is 1.88 bits per heavy atom. The average molecular weight is 596 g/mol. The van der Waals surface area contributed by atoms with E-state index in [1.54, 1.807) is 28.5 Å². The molecule has 1 amide bonds. The SMILES string of the molecule is CCCCn1c(N2CCN(c3ccc(F)cc3)CC2)c(/C=C2/SC(=S)N(CC3CCCO3)C2=O)c(C)c(C#N)c1=O. The van der Waals surface area contributed by atoms with Gasteiger partial charge in [0, 0.05) is 50.6 Å². The van der Waals surface area contributed by atoms with Crippen molar-refractivity contribution in [3.63, 3.8) is 0 Å². The molecule has 8 nitrogen and oxygen atoms in total. The van der Waals surface area contributed by atoms with Crippen molar-refractivity contribution >= 4 is 51.8 Å². The highest BCUT2D eigenvalue weighted by molar-refractivity contribution is 8.26. The van der Waals surface area contributed by atoms with E-state index in [4.69, 9.17) is 17.0 Å². The van der Waals surface area contributed by atoms with Gasteiger partial charge in [-0.15, -0.1) is 0 Å². The molecule has 216 valence electrons. The van der Waals surface area contributed by atoms with Crippen LogP contribution in [0, 0.1) is 24.1 Å². The third-order valence-corrected chi connectivity index (χ3v) is 9.29. The van der Waals surface area contributed by atoms with Crippen LogP contribution < -0.4 is 15.4 Å². The maximum absolute atomic E-state index is 13.6. The summed E-state index contributed by atoms with van der Waals surface area (Å²) in [5.41, 5.74) is 1.99. The number of hydrogen-bond donors (Lipinski definition) is 0. The van der Waals surface area contributed by atoms with Crippen molar-refractivity contribution in [3.05, 3.63) is 62.0 Å². The quantitative estimate of drug-likeness (QED) is 0.322. The van der Waals surface area contributed by atoms with E-state index in [0.29, 0.717) is 66.2 Å². The number of carbonyl (C=O) groups excluding carboxylic acids is 1. The van der Waals surface area contributed by atoms with Crippen LogP contribution in [-0.2, 0) is 16.1 Å². The van der Waals surface area contributed by atoms with E-state index < -0.39 is 0 Å². The first-order valence-corrected chi connectivity index (χ1v) is 15.3. The minimum absolute atomic E-state index is 0.0207. The highest BCUT2D eigenvalue weighted by Crippen LogP contribution is 2.37. The molecule has 1 aromatic heterocycles. The number of nitriles is 1. The van der Waals surface area contributed by atoms with E-state index in [1.165, 1.54) is 23.9 Å². The molecule has 3 saturated heterocycles. The van der Waals surface area contributed by atoms with Crippen LogP contribution in [0.5, 0.6) is 0 Å². The normalized spacial score (nSPS) is 20.4. The van der Waals surface area contributed by atoms with Crippen molar-refractivity contribution in [1.82, 2.24) is 9.47 Å². The number of piperazine rings is 1. The van der Waals surface area contributed by atoms with Gasteiger partial charge < -0.3 is 14.5 Å². The Kier molecular flexibility index (Phi) is 9.12. The number of hydrogen-bond acceptors (Lipinski definition) is 8. The van der Waals surface area contributed by atoms with Crippen LogP contribution in [0.3, 0.4) is 0 Å². The van der Waals surface area contributed by atoms with Crippen molar-refractivity contribution in [2.45, 2.75) is 52.2 Å². The van der Waals surface area contributed by atoms with Crippen molar-refractivity contribution in [3.8, 4) is 6.07 Å². The lowest BCUT2D eigenvalue weighted by Crippen LogP contribution is -2.48. The Bertz CT molecular complexity index is 1450. The topological polar surface area (TPSA) is 81.8 Å². The van der Waals surface area contributed by atoms with Crippen molar-refractivity contribution in [2.24, 2.45) is 0 Å². The summed E-state index contributed by atoms with van der Waals surface area (Å²) in [7, 11) is 0. The van der Waals surface area contributed by atoms with Gasteiger partial charge >= 0.3 is 0 Å². The number of thiocarbonyl (C=S) groups is 1. The molecule has 0 N–H and O–H groups in total. The van der Waals surface area contributed by atoms with Crippen LogP contribution in [0.4, 0.5) is 15.9 Å². The summed E-state index contributed by atoms with van der Waals surface area (Å²) in [6.07, 6.45) is 5.33. The van der Waals surface area contributed by atoms with Crippen molar-refractivity contribution in [1.29, 1.82) is 5.26 Å². The first-order valence-electron chi connectivity index (χ1n) is 14.1. The van der Waals surface area contributed by atoms with Crippen molar-refractivity contribution < 1.29 is 13.9 Å². The van der Waals surface area contributed by atoms with E-state index in [1.807, 2.05) is 6.08 Å². The van der Waals surface area contributed by atoms with E-state index in [9.17, 15) is 19.2 Å². The molecule has 1 aromatic carbocycles. The van der Waals surface area contributed by atoms with Gasteiger partial charge in [0.1, 0.15) is 27.6 Å². The van der Waals surface area contributed by atoms with Gasteiger partial charge in [0.25, 0.3) is 11.5 Å². The predicted molar refractivity (Wildman–Crippen MR) is 165 cm³/mol. The molecule has 0 radical (unpaired) electrons. The fourth-order valence-electron chi connectivity index (χ4n) is 5.62. The van der Waals surface area contributed by atoms with Crippen LogP contribution in [0.15, 0.2) is 34.0 Å². The lowest BCUT2D eigenvalue weighted by atomic mass is 10.0. The van der Waals surface area contributed by atoms with Gasteiger partial charge in [-0.1, -0.05) is 37.3 Å². The second-order valence-corrected chi connectivity index (χ2v) is 12.2. The number of amides is 1. The Morgan fingerprint density at radius 1 is 1.17 bits per heavy atom. The summed E-state index contributed by atoms with van der Waals surface area (Å²) >= 11 is 6.83. The monoisotopic (exact) mass is 595 g/mol. The molecule has 3 aliphatic rings. The summed E-state index contributed by atoms with van der Waals surface area (Å²) in [5, 5.41) is 9.97. The van der Waals surface area contributed by atoms with Crippen LogP contribution in [0.1, 0.15) is 49.3 Å². The molecular weight excluding hydrogens is 561 g/mol. The first-order chi connectivity index (χ1) is 19.8. The molecule has 3 aliphatic heterocycles. The Labute approximate surface area is 249 Å². The average Bonchev–Trinajstić information content (AvgIpc) is 3.58. The van der Waals surface area contributed by atoms with Gasteiger partial charge in [-0.2, -0.15) is 5.26 Å². The van der Waals surface area contributed by atoms with E-state index >= 15 is 0 Å². The Balaban J connectivity index is 1.52. The number of aromatic nitrogens is 1.